The van der Waals surface area contributed by atoms with Gasteiger partial charge in [0.25, 0.3) is 0 Å². The highest BCUT2D eigenvalue weighted by molar-refractivity contribution is 5.23. The van der Waals surface area contributed by atoms with Crippen molar-refractivity contribution >= 4 is 0 Å². The molecule has 1 aliphatic rings. The zero-order chi connectivity index (χ0) is 11.5. The maximum absolute atomic E-state index is 13.0. The summed E-state index contributed by atoms with van der Waals surface area (Å²) in [7, 11) is 0. The van der Waals surface area contributed by atoms with E-state index in [1.807, 2.05) is 6.07 Å². The summed E-state index contributed by atoms with van der Waals surface area (Å²) in [4.78, 5) is 0. The van der Waals surface area contributed by atoms with Crippen molar-refractivity contribution in [2.75, 3.05) is 0 Å². The highest BCUT2D eigenvalue weighted by Crippen LogP contribution is 2.37. The van der Waals surface area contributed by atoms with Crippen LogP contribution in [0.4, 0.5) is 4.39 Å². The molecule has 1 fully saturated rings. The first kappa shape index (κ1) is 11.6. The van der Waals surface area contributed by atoms with E-state index < -0.39 is 0 Å². The minimum absolute atomic E-state index is 0.115. The Balaban J connectivity index is 1.84. The smallest absolute Gasteiger partial charge is 0.123 e. The maximum atomic E-state index is 13.0. The molecular formula is C14H20FN. The van der Waals surface area contributed by atoms with Gasteiger partial charge in [0.2, 0.25) is 0 Å². The van der Waals surface area contributed by atoms with Crippen LogP contribution in [0.5, 0.6) is 0 Å². The lowest BCUT2D eigenvalue weighted by Crippen LogP contribution is -2.44. The van der Waals surface area contributed by atoms with Crippen molar-refractivity contribution in [1.29, 1.82) is 0 Å². The van der Waals surface area contributed by atoms with Crippen LogP contribution in [0, 0.1) is 5.82 Å². The molecule has 0 amide bonds. The molecule has 1 aliphatic carbocycles. The summed E-state index contributed by atoms with van der Waals surface area (Å²) >= 11 is 0. The second-order valence-electron chi connectivity index (χ2n) is 4.90. The van der Waals surface area contributed by atoms with E-state index in [2.05, 4.69) is 19.2 Å². The van der Waals surface area contributed by atoms with Gasteiger partial charge in [-0.2, -0.15) is 0 Å². The fourth-order valence-electron chi connectivity index (χ4n) is 2.31. The lowest BCUT2D eigenvalue weighted by Gasteiger charge is -2.38. The highest BCUT2D eigenvalue weighted by atomic mass is 19.1. The molecule has 16 heavy (non-hydrogen) atoms. The molecule has 0 saturated heterocycles. The monoisotopic (exact) mass is 221 g/mol. The molecule has 1 N–H and O–H groups in total. The summed E-state index contributed by atoms with van der Waals surface area (Å²) < 4.78 is 13.0. The van der Waals surface area contributed by atoms with Crippen LogP contribution in [0.25, 0.3) is 0 Å². The quantitative estimate of drug-likeness (QED) is 0.821. The molecular weight excluding hydrogens is 201 g/mol. The van der Waals surface area contributed by atoms with E-state index in [0.29, 0.717) is 18.0 Å². The van der Waals surface area contributed by atoms with Gasteiger partial charge < -0.3 is 5.32 Å². The SMILES string of the molecule is CCC(C)NC1CC(c2cccc(F)c2)C1. The van der Waals surface area contributed by atoms with Crippen molar-refractivity contribution in [3.63, 3.8) is 0 Å². The van der Waals surface area contributed by atoms with Gasteiger partial charge in [-0.25, -0.2) is 4.39 Å². The first-order valence-corrected chi connectivity index (χ1v) is 6.20. The Labute approximate surface area is 97.1 Å². The average molecular weight is 221 g/mol. The third-order valence-electron chi connectivity index (χ3n) is 3.59. The predicted molar refractivity (Wildman–Crippen MR) is 65.1 cm³/mol. The van der Waals surface area contributed by atoms with Crippen LogP contribution in [-0.2, 0) is 0 Å². The summed E-state index contributed by atoms with van der Waals surface area (Å²) in [6.45, 7) is 4.41. The van der Waals surface area contributed by atoms with Crippen molar-refractivity contribution in [1.82, 2.24) is 5.32 Å². The summed E-state index contributed by atoms with van der Waals surface area (Å²) in [6, 6.07) is 8.25. The van der Waals surface area contributed by atoms with Gasteiger partial charge in [0, 0.05) is 12.1 Å². The molecule has 1 unspecified atom stereocenters. The molecule has 2 rings (SSSR count). The molecule has 2 heteroatoms. The van der Waals surface area contributed by atoms with E-state index in [1.54, 1.807) is 12.1 Å². The van der Waals surface area contributed by atoms with E-state index in [0.717, 1.165) is 18.4 Å². The number of benzene rings is 1. The zero-order valence-electron chi connectivity index (χ0n) is 10.0. The topological polar surface area (TPSA) is 12.0 Å². The molecule has 1 aromatic carbocycles. The fourth-order valence-corrected chi connectivity index (χ4v) is 2.31. The third kappa shape index (κ3) is 2.62. The van der Waals surface area contributed by atoms with Crippen molar-refractivity contribution in [3.8, 4) is 0 Å². The summed E-state index contributed by atoms with van der Waals surface area (Å²) in [5.41, 5.74) is 1.15. The third-order valence-corrected chi connectivity index (χ3v) is 3.59. The molecule has 88 valence electrons. The molecule has 0 heterocycles. The second-order valence-corrected chi connectivity index (χ2v) is 4.90. The molecule has 0 bridgehead atoms. The predicted octanol–water partition coefficient (Wildman–Crippen LogP) is 3.46. The van der Waals surface area contributed by atoms with Gasteiger partial charge in [-0.05, 0) is 49.8 Å². The van der Waals surface area contributed by atoms with Crippen molar-refractivity contribution in [2.45, 2.75) is 51.1 Å². The van der Waals surface area contributed by atoms with Crippen molar-refractivity contribution < 1.29 is 4.39 Å². The maximum Gasteiger partial charge on any atom is 0.123 e. The minimum atomic E-state index is -0.115. The second kappa shape index (κ2) is 4.96. The first-order valence-electron chi connectivity index (χ1n) is 6.20. The molecule has 1 nitrogen and oxygen atoms in total. The summed E-state index contributed by atoms with van der Waals surface area (Å²) in [5, 5.41) is 3.59. The Hall–Kier alpha value is -0.890. The standard InChI is InChI=1S/C14H20FN/c1-3-10(2)16-14-8-12(9-14)11-5-4-6-13(15)7-11/h4-7,10,12,14,16H,3,8-9H2,1-2H3. The molecule has 0 aliphatic heterocycles. The van der Waals surface area contributed by atoms with Gasteiger partial charge >= 0.3 is 0 Å². The zero-order valence-corrected chi connectivity index (χ0v) is 10.0. The van der Waals surface area contributed by atoms with Crippen molar-refractivity contribution in [2.24, 2.45) is 0 Å². The molecule has 1 aromatic rings. The number of rotatable bonds is 4. The number of nitrogens with one attached hydrogen (secondary N) is 1. The Morgan fingerprint density at radius 1 is 1.44 bits per heavy atom. The van der Waals surface area contributed by atoms with Gasteiger partial charge in [-0.15, -0.1) is 0 Å². The molecule has 1 saturated carbocycles. The number of hydrogen-bond acceptors (Lipinski definition) is 1. The van der Waals surface area contributed by atoms with E-state index in [1.165, 1.54) is 12.5 Å². The van der Waals surface area contributed by atoms with Gasteiger partial charge in [0.15, 0.2) is 0 Å². The van der Waals surface area contributed by atoms with Crippen molar-refractivity contribution in [3.05, 3.63) is 35.6 Å². The summed E-state index contributed by atoms with van der Waals surface area (Å²) in [5.74, 6) is 0.438. The molecule has 0 radical (unpaired) electrons. The Morgan fingerprint density at radius 3 is 2.81 bits per heavy atom. The van der Waals surface area contributed by atoms with Gasteiger partial charge in [0.1, 0.15) is 5.82 Å². The van der Waals surface area contributed by atoms with Crippen LogP contribution in [0.3, 0.4) is 0 Å². The molecule has 0 aromatic heterocycles. The van der Waals surface area contributed by atoms with Crippen LogP contribution in [-0.4, -0.2) is 12.1 Å². The largest absolute Gasteiger partial charge is 0.311 e. The van der Waals surface area contributed by atoms with Gasteiger partial charge in [0.05, 0.1) is 0 Å². The van der Waals surface area contributed by atoms with Crippen LogP contribution in [0.15, 0.2) is 24.3 Å². The average Bonchev–Trinajstić information content (AvgIpc) is 2.22. The Morgan fingerprint density at radius 2 is 2.19 bits per heavy atom. The first-order chi connectivity index (χ1) is 7.69. The Kier molecular flexibility index (Phi) is 3.59. The van der Waals surface area contributed by atoms with Gasteiger partial charge in [-0.1, -0.05) is 19.1 Å². The summed E-state index contributed by atoms with van der Waals surface area (Å²) in [6.07, 6.45) is 3.46. The van der Waals surface area contributed by atoms with Crippen LogP contribution < -0.4 is 5.32 Å². The molecule has 1 atom stereocenters. The normalized spacial score (nSPS) is 26.2. The van der Waals surface area contributed by atoms with Crippen LogP contribution >= 0.6 is 0 Å². The molecule has 0 spiro atoms. The van der Waals surface area contributed by atoms with Crippen LogP contribution in [0.2, 0.25) is 0 Å². The number of hydrogen-bond donors (Lipinski definition) is 1. The van der Waals surface area contributed by atoms with E-state index >= 15 is 0 Å². The fraction of sp³-hybridized carbons (Fsp3) is 0.571. The van der Waals surface area contributed by atoms with Crippen LogP contribution in [0.1, 0.15) is 44.6 Å². The minimum Gasteiger partial charge on any atom is -0.311 e. The lowest BCUT2D eigenvalue weighted by atomic mass is 9.75. The van der Waals surface area contributed by atoms with E-state index in [4.69, 9.17) is 0 Å². The Bertz CT molecular complexity index is 344. The van der Waals surface area contributed by atoms with Gasteiger partial charge in [-0.3, -0.25) is 0 Å². The van der Waals surface area contributed by atoms with E-state index in [-0.39, 0.29) is 5.82 Å². The van der Waals surface area contributed by atoms with E-state index in [9.17, 15) is 4.39 Å². The lowest BCUT2D eigenvalue weighted by molar-refractivity contribution is 0.267. The highest BCUT2D eigenvalue weighted by Gasteiger charge is 2.30. The number of halogens is 1.